The highest BCUT2D eigenvalue weighted by Crippen LogP contribution is 2.27. The number of carbonyl (C=O) groups is 1. The first-order valence-electron chi connectivity index (χ1n) is 5.73. The number of hydrogen-bond donors (Lipinski definition) is 0. The molecule has 1 unspecified atom stereocenters. The molecule has 0 N–H and O–H groups in total. The van der Waals surface area contributed by atoms with E-state index in [1.54, 1.807) is 52.2 Å². The molecule has 1 aromatic heterocycles. The second-order valence-electron chi connectivity index (χ2n) is 5.12. The molecule has 98 valence electrons. The van der Waals surface area contributed by atoms with E-state index in [1.165, 1.54) is 0 Å². The Bertz CT molecular complexity index is 422. The van der Waals surface area contributed by atoms with E-state index in [0.29, 0.717) is 0 Å². The van der Waals surface area contributed by atoms with Gasteiger partial charge in [-0.25, -0.2) is 4.79 Å². The van der Waals surface area contributed by atoms with Gasteiger partial charge < -0.3 is 9.47 Å². The standard InChI is InChI=1S/C14H19NO3/c1-6-14(5,11-8-7-9-15-10-11)18-12(16)17-13(2,3)4/h6-10H,1H2,2-5H3. The summed E-state index contributed by atoms with van der Waals surface area (Å²) in [4.78, 5) is 15.7. The fraction of sp³-hybridized carbons (Fsp3) is 0.429. The Morgan fingerprint density at radius 2 is 2.00 bits per heavy atom. The number of carbonyl (C=O) groups excluding carboxylic acids is 1. The normalized spacial score (nSPS) is 14.4. The van der Waals surface area contributed by atoms with Crippen LogP contribution in [0.25, 0.3) is 0 Å². The average Bonchev–Trinajstić information content (AvgIpc) is 2.27. The molecular weight excluding hydrogens is 230 g/mol. The van der Waals surface area contributed by atoms with Gasteiger partial charge in [-0.05, 0) is 39.8 Å². The summed E-state index contributed by atoms with van der Waals surface area (Å²) in [5, 5.41) is 0. The molecule has 0 aliphatic heterocycles. The van der Waals surface area contributed by atoms with E-state index >= 15 is 0 Å². The molecule has 1 atom stereocenters. The van der Waals surface area contributed by atoms with E-state index in [2.05, 4.69) is 11.6 Å². The molecule has 4 nitrogen and oxygen atoms in total. The molecule has 0 bridgehead atoms. The first-order chi connectivity index (χ1) is 8.27. The van der Waals surface area contributed by atoms with Crippen molar-refractivity contribution in [1.82, 2.24) is 4.98 Å². The van der Waals surface area contributed by atoms with Gasteiger partial charge in [-0.3, -0.25) is 4.98 Å². The maximum Gasteiger partial charge on any atom is 0.510 e. The number of pyridine rings is 1. The van der Waals surface area contributed by atoms with Crippen LogP contribution < -0.4 is 0 Å². The van der Waals surface area contributed by atoms with Gasteiger partial charge in [0.25, 0.3) is 0 Å². The number of rotatable bonds is 3. The topological polar surface area (TPSA) is 48.4 Å². The van der Waals surface area contributed by atoms with Crippen LogP contribution in [-0.4, -0.2) is 16.7 Å². The predicted molar refractivity (Wildman–Crippen MR) is 69.1 cm³/mol. The van der Waals surface area contributed by atoms with Crippen molar-refractivity contribution >= 4 is 6.16 Å². The minimum Gasteiger partial charge on any atom is -0.429 e. The van der Waals surface area contributed by atoms with Crippen LogP contribution >= 0.6 is 0 Å². The highest BCUT2D eigenvalue weighted by atomic mass is 16.7. The van der Waals surface area contributed by atoms with Crippen LogP contribution in [0.4, 0.5) is 4.79 Å². The van der Waals surface area contributed by atoms with Crippen LogP contribution in [0.2, 0.25) is 0 Å². The first-order valence-corrected chi connectivity index (χ1v) is 5.73. The Morgan fingerprint density at radius 3 is 2.44 bits per heavy atom. The lowest BCUT2D eigenvalue weighted by Crippen LogP contribution is -2.31. The van der Waals surface area contributed by atoms with Gasteiger partial charge in [0.1, 0.15) is 5.60 Å². The van der Waals surface area contributed by atoms with Gasteiger partial charge in [0.15, 0.2) is 5.60 Å². The summed E-state index contributed by atoms with van der Waals surface area (Å²) in [5.41, 5.74) is -0.795. The minimum absolute atomic E-state index is 0.589. The molecule has 4 heteroatoms. The van der Waals surface area contributed by atoms with Crippen molar-refractivity contribution in [1.29, 1.82) is 0 Å². The second-order valence-corrected chi connectivity index (χ2v) is 5.12. The zero-order valence-electron chi connectivity index (χ0n) is 11.3. The number of ether oxygens (including phenoxy) is 2. The maximum atomic E-state index is 11.7. The van der Waals surface area contributed by atoms with Crippen molar-refractivity contribution in [3.63, 3.8) is 0 Å². The molecule has 0 saturated carbocycles. The quantitative estimate of drug-likeness (QED) is 0.608. The molecule has 1 heterocycles. The van der Waals surface area contributed by atoms with Gasteiger partial charge in [-0.1, -0.05) is 12.6 Å². The van der Waals surface area contributed by atoms with Crippen LogP contribution in [0.15, 0.2) is 37.2 Å². The fourth-order valence-corrected chi connectivity index (χ4v) is 1.32. The van der Waals surface area contributed by atoms with Crippen LogP contribution in [0, 0.1) is 0 Å². The number of aromatic nitrogens is 1. The molecule has 0 saturated heterocycles. The molecule has 0 aliphatic carbocycles. The molecule has 0 spiro atoms. The Labute approximate surface area is 108 Å². The van der Waals surface area contributed by atoms with Gasteiger partial charge in [-0.2, -0.15) is 0 Å². The van der Waals surface area contributed by atoms with Gasteiger partial charge in [0.05, 0.1) is 0 Å². The lowest BCUT2D eigenvalue weighted by atomic mass is 9.98. The maximum absolute atomic E-state index is 11.7. The van der Waals surface area contributed by atoms with E-state index in [4.69, 9.17) is 9.47 Å². The van der Waals surface area contributed by atoms with E-state index in [1.807, 2.05) is 6.07 Å². The predicted octanol–water partition coefficient (Wildman–Crippen LogP) is 3.43. The average molecular weight is 249 g/mol. The molecule has 1 aromatic rings. The number of hydrogen-bond acceptors (Lipinski definition) is 4. The lowest BCUT2D eigenvalue weighted by molar-refractivity contribution is -0.0454. The third-order valence-electron chi connectivity index (χ3n) is 2.31. The highest BCUT2D eigenvalue weighted by molar-refractivity contribution is 5.62. The summed E-state index contributed by atoms with van der Waals surface area (Å²) in [5.74, 6) is 0. The van der Waals surface area contributed by atoms with E-state index < -0.39 is 17.4 Å². The third-order valence-corrected chi connectivity index (χ3v) is 2.31. The molecule has 0 fully saturated rings. The third kappa shape index (κ3) is 3.87. The number of nitrogens with zero attached hydrogens (tertiary/aromatic N) is 1. The van der Waals surface area contributed by atoms with Crippen molar-refractivity contribution in [3.05, 3.63) is 42.7 Å². The van der Waals surface area contributed by atoms with Crippen LogP contribution in [-0.2, 0) is 15.1 Å². The molecule has 1 rings (SSSR count). The minimum atomic E-state index is -0.948. The van der Waals surface area contributed by atoms with Gasteiger partial charge in [-0.15, -0.1) is 0 Å². The molecule has 0 aromatic carbocycles. The monoisotopic (exact) mass is 249 g/mol. The fourth-order valence-electron chi connectivity index (χ4n) is 1.32. The van der Waals surface area contributed by atoms with E-state index in [-0.39, 0.29) is 0 Å². The smallest absolute Gasteiger partial charge is 0.429 e. The molecule has 18 heavy (non-hydrogen) atoms. The second kappa shape index (κ2) is 5.21. The Hall–Kier alpha value is -1.84. The highest BCUT2D eigenvalue weighted by Gasteiger charge is 2.30. The Morgan fingerprint density at radius 1 is 1.33 bits per heavy atom. The Balaban J connectivity index is 2.85. The summed E-state index contributed by atoms with van der Waals surface area (Å²) in [7, 11) is 0. The Kier molecular flexibility index (Phi) is 4.11. The van der Waals surface area contributed by atoms with Crippen molar-refractivity contribution < 1.29 is 14.3 Å². The van der Waals surface area contributed by atoms with Crippen LogP contribution in [0.3, 0.4) is 0 Å². The van der Waals surface area contributed by atoms with Crippen molar-refractivity contribution in [2.45, 2.75) is 38.9 Å². The zero-order chi connectivity index (χ0) is 13.8. The van der Waals surface area contributed by atoms with Gasteiger partial charge in [0, 0.05) is 18.0 Å². The molecular formula is C14H19NO3. The summed E-state index contributed by atoms with van der Waals surface area (Å²) < 4.78 is 10.5. The zero-order valence-corrected chi connectivity index (χ0v) is 11.3. The summed E-state index contributed by atoms with van der Waals surface area (Å²) in [6, 6.07) is 3.59. The van der Waals surface area contributed by atoms with Gasteiger partial charge in [0.2, 0.25) is 0 Å². The van der Waals surface area contributed by atoms with Crippen molar-refractivity contribution in [2.75, 3.05) is 0 Å². The largest absolute Gasteiger partial charge is 0.510 e. The van der Waals surface area contributed by atoms with Crippen LogP contribution in [0.5, 0.6) is 0 Å². The van der Waals surface area contributed by atoms with Crippen LogP contribution in [0.1, 0.15) is 33.3 Å². The molecule has 0 radical (unpaired) electrons. The molecule has 0 amide bonds. The summed E-state index contributed by atoms with van der Waals surface area (Å²) in [6.45, 7) is 10.8. The molecule has 0 aliphatic rings. The van der Waals surface area contributed by atoms with E-state index in [0.717, 1.165) is 5.56 Å². The first kappa shape index (κ1) is 14.2. The summed E-state index contributed by atoms with van der Waals surface area (Å²) >= 11 is 0. The summed E-state index contributed by atoms with van der Waals surface area (Å²) in [6.07, 6.45) is 4.11. The van der Waals surface area contributed by atoms with E-state index in [9.17, 15) is 4.79 Å². The van der Waals surface area contributed by atoms with Gasteiger partial charge >= 0.3 is 6.16 Å². The van der Waals surface area contributed by atoms with Crippen molar-refractivity contribution in [2.24, 2.45) is 0 Å². The lowest BCUT2D eigenvalue weighted by Gasteiger charge is -2.28. The van der Waals surface area contributed by atoms with Crippen molar-refractivity contribution in [3.8, 4) is 0 Å². The SMILES string of the molecule is C=CC(C)(OC(=O)OC(C)(C)C)c1cccnc1.